The molecule has 25 heavy (non-hydrogen) atoms. The van der Waals surface area contributed by atoms with E-state index >= 15 is 0 Å². The number of hydrogen-bond donors (Lipinski definition) is 2. The minimum absolute atomic E-state index is 0.561. The van der Waals surface area contributed by atoms with Gasteiger partial charge in [0, 0.05) is 22.3 Å². The molecule has 1 aromatic heterocycles. The molecule has 0 aliphatic rings. The standard InChI is InChI=1S/C21H18N4/c1-14-8-5-6-12-17(14)23-21-24-18-13-7-11-16(22)19(18)20(25-21)15-9-3-2-4-10-15/h2-13H,22H2,1H3,(H,23,24,25). The summed E-state index contributed by atoms with van der Waals surface area (Å²) in [5.41, 5.74) is 11.7. The lowest BCUT2D eigenvalue weighted by molar-refractivity contribution is 1.21. The summed E-state index contributed by atoms with van der Waals surface area (Å²) in [5, 5.41) is 4.21. The molecule has 0 saturated carbocycles. The lowest BCUT2D eigenvalue weighted by Crippen LogP contribution is -2.02. The van der Waals surface area contributed by atoms with Crippen LogP contribution in [0.1, 0.15) is 5.56 Å². The molecule has 3 N–H and O–H groups in total. The number of aromatic nitrogens is 2. The number of nitrogens with two attached hydrogens (primary N) is 1. The molecule has 4 rings (SSSR count). The molecule has 0 aliphatic carbocycles. The smallest absolute Gasteiger partial charge is 0.228 e. The molecule has 4 aromatic rings. The number of nitrogens with one attached hydrogen (secondary N) is 1. The van der Waals surface area contributed by atoms with Crippen LogP contribution in [-0.4, -0.2) is 9.97 Å². The van der Waals surface area contributed by atoms with Crippen molar-refractivity contribution in [2.75, 3.05) is 11.1 Å². The van der Waals surface area contributed by atoms with E-state index < -0.39 is 0 Å². The third kappa shape index (κ3) is 2.90. The Morgan fingerprint density at radius 2 is 1.56 bits per heavy atom. The van der Waals surface area contributed by atoms with Crippen LogP contribution in [0.15, 0.2) is 72.8 Å². The number of para-hydroxylation sites is 1. The molecule has 0 aliphatic heterocycles. The van der Waals surface area contributed by atoms with Gasteiger partial charge in [0.1, 0.15) is 0 Å². The van der Waals surface area contributed by atoms with Crippen molar-refractivity contribution >= 4 is 28.2 Å². The van der Waals surface area contributed by atoms with Crippen LogP contribution < -0.4 is 11.1 Å². The van der Waals surface area contributed by atoms with Gasteiger partial charge in [0.05, 0.1) is 11.2 Å². The number of nitrogens with zero attached hydrogens (tertiary/aromatic N) is 2. The first-order valence-electron chi connectivity index (χ1n) is 8.17. The highest BCUT2D eigenvalue weighted by Gasteiger charge is 2.12. The largest absolute Gasteiger partial charge is 0.398 e. The predicted octanol–water partition coefficient (Wildman–Crippen LogP) is 4.93. The molecule has 3 aromatic carbocycles. The highest BCUT2D eigenvalue weighted by molar-refractivity contribution is 6.01. The van der Waals surface area contributed by atoms with Crippen LogP contribution in [0.5, 0.6) is 0 Å². The second-order valence-corrected chi connectivity index (χ2v) is 5.94. The quantitative estimate of drug-likeness (QED) is 0.524. The van der Waals surface area contributed by atoms with Crippen LogP contribution in [0.3, 0.4) is 0 Å². The number of nitrogen functional groups attached to an aromatic ring is 1. The van der Waals surface area contributed by atoms with E-state index in [-0.39, 0.29) is 0 Å². The molecule has 0 amide bonds. The van der Waals surface area contributed by atoms with E-state index in [9.17, 15) is 0 Å². The molecule has 0 bridgehead atoms. The fourth-order valence-corrected chi connectivity index (χ4v) is 2.90. The summed E-state index contributed by atoms with van der Waals surface area (Å²) in [6.07, 6.45) is 0. The molecule has 122 valence electrons. The van der Waals surface area contributed by atoms with Gasteiger partial charge in [-0.05, 0) is 30.7 Å². The molecule has 0 atom stereocenters. The first-order chi connectivity index (χ1) is 12.2. The van der Waals surface area contributed by atoms with E-state index in [0.717, 1.165) is 33.4 Å². The van der Waals surface area contributed by atoms with Gasteiger partial charge in [0.2, 0.25) is 5.95 Å². The zero-order valence-electron chi connectivity index (χ0n) is 13.9. The van der Waals surface area contributed by atoms with Crippen molar-refractivity contribution in [1.82, 2.24) is 9.97 Å². The van der Waals surface area contributed by atoms with Crippen molar-refractivity contribution in [1.29, 1.82) is 0 Å². The number of aryl methyl sites for hydroxylation is 1. The molecule has 0 radical (unpaired) electrons. The van der Waals surface area contributed by atoms with Gasteiger partial charge >= 0.3 is 0 Å². The maximum Gasteiger partial charge on any atom is 0.228 e. The molecular weight excluding hydrogens is 308 g/mol. The normalized spacial score (nSPS) is 10.8. The Morgan fingerprint density at radius 3 is 2.36 bits per heavy atom. The van der Waals surface area contributed by atoms with Crippen molar-refractivity contribution in [2.24, 2.45) is 0 Å². The van der Waals surface area contributed by atoms with Gasteiger partial charge < -0.3 is 11.1 Å². The molecule has 4 nitrogen and oxygen atoms in total. The lowest BCUT2D eigenvalue weighted by atomic mass is 10.1. The van der Waals surface area contributed by atoms with Gasteiger partial charge in [0.15, 0.2) is 0 Å². The maximum atomic E-state index is 6.22. The first-order valence-corrected chi connectivity index (χ1v) is 8.17. The highest BCUT2D eigenvalue weighted by atomic mass is 15.1. The van der Waals surface area contributed by atoms with Gasteiger partial charge in [0.25, 0.3) is 0 Å². The number of hydrogen-bond acceptors (Lipinski definition) is 4. The van der Waals surface area contributed by atoms with Crippen LogP contribution in [0.2, 0.25) is 0 Å². The van der Waals surface area contributed by atoms with Crippen molar-refractivity contribution < 1.29 is 0 Å². The Kier molecular flexibility index (Phi) is 3.78. The van der Waals surface area contributed by atoms with Crippen molar-refractivity contribution in [3.05, 3.63) is 78.4 Å². The Balaban J connectivity index is 1.91. The van der Waals surface area contributed by atoms with E-state index in [1.165, 1.54) is 0 Å². The number of benzene rings is 3. The van der Waals surface area contributed by atoms with Gasteiger partial charge in [-0.1, -0.05) is 54.6 Å². The zero-order chi connectivity index (χ0) is 17.2. The number of anilines is 3. The Labute approximate surface area is 146 Å². The monoisotopic (exact) mass is 326 g/mol. The minimum atomic E-state index is 0.561. The Morgan fingerprint density at radius 1 is 0.800 bits per heavy atom. The van der Waals surface area contributed by atoms with Gasteiger partial charge in [-0.25, -0.2) is 9.97 Å². The second kappa shape index (κ2) is 6.24. The van der Waals surface area contributed by atoms with E-state index in [4.69, 9.17) is 10.7 Å². The summed E-state index contributed by atoms with van der Waals surface area (Å²) in [6.45, 7) is 2.06. The van der Waals surface area contributed by atoms with Gasteiger partial charge in [-0.2, -0.15) is 0 Å². The molecule has 0 spiro atoms. The highest BCUT2D eigenvalue weighted by Crippen LogP contribution is 2.32. The van der Waals surface area contributed by atoms with Crippen LogP contribution >= 0.6 is 0 Å². The molecule has 0 unspecified atom stereocenters. The second-order valence-electron chi connectivity index (χ2n) is 5.94. The Bertz CT molecular complexity index is 1040. The van der Waals surface area contributed by atoms with Crippen molar-refractivity contribution in [3.63, 3.8) is 0 Å². The summed E-state index contributed by atoms with van der Waals surface area (Å²) in [6, 6.07) is 23.9. The van der Waals surface area contributed by atoms with Crippen molar-refractivity contribution in [2.45, 2.75) is 6.92 Å². The average Bonchev–Trinajstić information content (AvgIpc) is 2.64. The summed E-state index contributed by atoms with van der Waals surface area (Å²) >= 11 is 0. The SMILES string of the molecule is Cc1ccccc1Nc1nc(-c2ccccc2)c2c(N)cccc2n1. The Hall–Kier alpha value is -3.40. The van der Waals surface area contributed by atoms with E-state index in [1.807, 2.05) is 66.7 Å². The number of rotatable bonds is 3. The summed E-state index contributed by atoms with van der Waals surface area (Å²) in [4.78, 5) is 9.42. The van der Waals surface area contributed by atoms with Crippen LogP contribution in [0.4, 0.5) is 17.3 Å². The van der Waals surface area contributed by atoms with Crippen LogP contribution in [0.25, 0.3) is 22.2 Å². The topological polar surface area (TPSA) is 63.8 Å². The first kappa shape index (κ1) is 15.1. The average molecular weight is 326 g/mol. The molecule has 0 saturated heterocycles. The van der Waals surface area contributed by atoms with Crippen molar-refractivity contribution in [3.8, 4) is 11.3 Å². The summed E-state index contributed by atoms with van der Waals surface area (Å²) in [7, 11) is 0. The predicted molar refractivity (Wildman–Crippen MR) is 104 cm³/mol. The van der Waals surface area contributed by atoms with E-state index in [2.05, 4.69) is 23.3 Å². The maximum absolute atomic E-state index is 6.22. The van der Waals surface area contributed by atoms with Crippen LogP contribution in [0, 0.1) is 6.92 Å². The van der Waals surface area contributed by atoms with E-state index in [0.29, 0.717) is 11.6 Å². The van der Waals surface area contributed by atoms with E-state index in [1.54, 1.807) is 0 Å². The zero-order valence-corrected chi connectivity index (χ0v) is 13.9. The molecule has 0 fully saturated rings. The fourth-order valence-electron chi connectivity index (χ4n) is 2.90. The third-order valence-corrected chi connectivity index (χ3v) is 4.19. The van der Waals surface area contributed by atoms with Gasteiger partial charge in [-0.3, -0.25) is 0 Å². The molecule has 1 heterocycles. The fraction of sp³-hybridized carbons (Fsp3) is 0.0476. The molecular formula is C21H18N4. The summed E-state index contributed by atoms with van der Waals surface area (Å²) in [5.74, 6) is 0.561. The third-order valence-electron chi connectivity index (χ3n) is 4.19. The minimum Gasteiger partial charge on any atom is -0.398 e. The van der Waals surface area contributed by atoms with Gasteiger partial charge in [-0.15, -0.1) is 0 Å². The summed E-state index contributed by atoms with van der Waals surface area (Å²) < 4.78 is 0. The molecule has 4 heteroatoms. The van der Waals surface area contributed by atoms with Crippen LogP contribution in [-0.2, 0) is 0 Å². The lowest BCUT2D eigenvalue weighted by Gasteiger charge is -2.13. The number of fused-ring (bicyclic) bond motifs is 1.